The van der Waals surface area contributed by atoms with E-state index < -0.39 is 10.0 Å². The van der Waals surface area contributed by atoms with E-state index in [1.807, 2.05) is 0 Å². The van der Waals surface area contributed by atoms with Crippen LogP contribution in [0.4, 0.5) is 5.69 Å². The molecule has 1 heterocycles. The van der Waals surface area contributed by atoms with E-state index in [9.17, 15) is 13.2 Å². The first-order chi connectivity index (χ1) is 12.7. The standard InChI is InChI=1S/C18H27Cl2N3O3S/c1-14-6-10-22(11-7-14)9-3-8-21-18(24)13-23(27(2,25)26)15-4-5-16(19)17(20)12-15/h4-5,12,14H,3,6-11,13H2,1-2H3,(H,21,24). The second-order valence-electron chi connectivity index (χ2n) is 7.10. The third kappa shape index (κ3) is 7.14. The van der Waals surface area contributed by atoms with Gasteiger partial charge in [0.25, 0.3) is 0 Å². The third-order valence-corrected chi connectivity index (χ3v) is 6.61. The maximum atomic E-state index is 12.2. The summed E-state index contributed by atoms with van der Waals surface area (Å²) in [4.78, 5) is 14.6. The highest BCUT2D eigenvalue weighted by molar-refractivity contribution is 7.92. The molecule has 1 aromatic carbocycles. The van der Waals surface area contributed by atoms with Gasteiger partial charge in [-0.2, -0.15) is 0 Å². The highest BCUT2D eigenvalue weighted by atomic mass is 35.5. The van der Waals surface area contributed by atoms with Crippen LogP contribution in [0.2, 0.25) is 10.0 Å². The van der Waals surface area contributed by atoms with E-state index in [4.69, 9.17) is 23.2 Å². The zero-order valence-corrected chi connectivity index (χ0v) is 18.1. The van der Waals surface area contributed by atoms with Crippen molar-refractivity contribution in [3.8, 4) is 0 Å². The fourth-order valence-corrected chi connectivity index (χ4v) is 4.18. The molecule has 1 aromatic rings. The normalized spacial score (nSPS) is 16.3. The van der Waals surface area contributed by atoms with Crippen LogP contribution in [0.5, 0.6) is 0 Å². The maximum Gasteiger partial charge on any atom is 0.240 e. The van der Waals surface area contributed by atoms with Crippen molar-refractivity contribution in [2.45, 2.75) is 26.2 Å². The molecule has 9 heteroatoms. The van der Waals surface area contributed by atoms with E-state index >= 15 is 0 Å². The Kier molecular flexibility index (Phi) is 8.21. The molecule has 1 N–H and O–H groups in total. The molecule has 1 amide bonds. The van der Waals surface area contributed by atoms with Crippen LogP contribution in [-0.4, -0.2) is 58.2 Å². The number of amides is 1. The lowest BCUT2D eigenvalue weighted by atomic mass is 9.99. The number of likely N-dealkylation sites (tertiary alicyclic amines) is 1. The van der Waals surface area contributed by atoms with E-state index in [2.05, 4.69) is 17.1 Å². The van der Waals surface area contributed by atoms with E-state index in [1.54, 1.807) is 0 Å². The van der Waals surface area contributed by atoms with Gasteiger partial charge in [0.1, 0.15) is 6.54 Å². The highest BCUT2D eigenvalue weighted by Crippen LogP contribution is 2.28. The number of nitrogens with zero attached hydrogens (tertiary/aromatic N) is 2. The zero-order valence-electron chi connectivity index (χ0n) is 15.7. The Balaban J connectivity index is 1.84. The molecule has 2 rings (SSSR count). The van der Waals surface area contributed by atoms with Gasteiger partial charge in [-0.3, -0.25) is 9.10 Å². The van der Waals surface area contributed by atoms with E-state index in [1.165, 1.54) is 31.0 Å². The van der Waals surface area contributed by atoms with Crippen molar-refractivity contribution in [1.82, 2.24) is 10.2 Å². The lowest BCUT2D eigenvalue weighted by molar-refractivity contribution is -0.119. The quantitative estimate of drug-likeness (QED) is 0.637. The number of hydrogen-bond acceptors (Lipinski definition) is 4. The number of hydrogen-bond donors (Lipinski definition) is 1. The second-order valence-corrected chi connectivity index (χ2v) is 9.82. The van der Waals surface area contributed by atoms with Crippen molar-refractivity contribution in [3.05, 3.63) is 28.2 Å². The lowest BCUT2D eigenvalue weighted by Gasteiger charge is -2.30. The van der Waals surface area contributed by atoms with E-state index in [-0.39, 0.29) is 17.5 Å². The summed E-state index contributed by atoms with van der Waals surface area (Å²) in [6.45, 7) is 5.65. The van der Waals surface area contributed by atoms with Gasteiger partial charge < -0.3 is 10.2 Å². The molecule has 0 aliphatic carbocycles. The van der Waals surface area contributed by atoms with E-state index in [0.29, 0.717) is 17.3 Å². The Morgan fingerprint density at radius 3 is 2.52 bits per heavy atom. The summed E-state index contributed by atoms with van der Waals surface area (Å²) in [6, 6.07) is 4.48. The predicted octanol–water partition coefficient (Wildman–Crippen LogP) is 3.00. The summed E-state index contributed by atoms with van der Waals surface area (Å²) in [5.74, 6) is 0.447. The zero-order chi connectivity index (χ0) is 20.0. The van der Waals surface area contributed by atoms with Crippen LogP contribution in [-0.2, 0) is 14.8 Å². The number of carbonyl (C=O) groups is 1. The molecule has 1 aliphatic rings. The largest absolute Gasteiger partial charge is 0.354 e. The number of rotatable bonds is 8. The van der Waals surface area contributed by atoms with Gasteiger partial charge in [-0.15, -0.1) is 0 Å². The molecule has 0 atom stereocenters. The van der Waals surface area contributed by atoms with Crippen LogP contribution in [0.1, 0.15) is 26.2 Å². The molecule has 0 aromatic heterocycles. The molecule has 6 nitrogen and oxygen atoms in total. The van der Waals surface area contributed by atoms with Gasteiger partial charge in [0.2, 0.25) is 15.9 Å². The number of piperidine rings is 1. The Bertz CT molecular complexity index is 750. The van der Waals surface area contributed by atoms with Gasteiger partial charge in [-0.1, -0.05) is 30.1 Å². The van der Waals surface area contributed by atoms with Crippen molar-refractivity contribution in [2.24, 2.45) is 5.92 Å². The summed E-state index contributed by atoms with van der Waals surface area (Å²) in [5.41, 5.74) is 0.310. The Labute approximate surface area is 171 Å². The van der Waals surface area contributed by atoms with Crippen LogP contribution < -0.4 is 9.62 Å². The number of benzene rings is 1. The first kappa shape index (κ1) is 22.3. The predicted molar refractivity (Wildman–Crippen MR) is 111 cm³/mol. The number of halogens is 2. The summed E-state index contributed by atoms with van der Waals surface area (Å²) in [6.07, 6.45) is 4.34. The molecule has 0 spiro atoms. The molecular weight excluding hydrogens is 409 g/mol. The Morgan fingerprint density at radius 2 is 1.93 bits per heavy atom. The summed E-state index contributed by atoms with van der Waals surface area (Å²) in [7, 11) is -3.63. The van der Waals surface area contributed by atoms with Crippen molar-refractivity contribution in [1.29, 1.82) is 0 Å². The molecule has 0 bridgehead atoms. The molecule has 0 radical (unpaired) electrons. The van der Waals surface area contributed by atoms with Crippen LogP contribution >= 0.6 is 23.2 Å². The van der Waals surface area contributed by atoms with E-state index in [0.717, 1.165) is 42.5 Å². The number of anilines is 1. The molecule has 0 unspecified atom stereocenters. The minimum atomic E-state index is -3.63. The van der Waals surface area contributed by atoms with Gasteiger partial charge in [0, 0.05) is 6.54 Å². The molecule has 1 aliphatic heterocycles. The van der Waals surface area contributed by atoms with Crippen LogP contribution in [0.15, 0.2) is 18.2 Å². The van der Waals surface area contributed by atoms with Gasteiger partial charge >= 0.3 is 0 Å². The van der Waals surface area contributed by atoms with Crippen molar-refractivity contribution < 1.29 is 13.2 Å². The van der Waals surface area contributed by atoms with Gasteiger partial charge in [-0.25, -0.2) is 8.42 Å². The first-order valence-electron chi connectivity index (χ1n) is 9.08. The molecule has 1 saturated heterocycles. The van der Waals surface area contributed by atoms with Crippen molar-refractivity contribution in [3.63, 3.8) is 0 Å². The summed E-state index contributed by atoms with van der Waals surface area (Å²) < 4.78 is 25.2. The molecule has 1 fully saturated rings. The number of sulfonamides is 1. The molecule has 0 saturated carbocycles. The summed E-state index contributed by atoms with van der Waals surface area (Å²) >= 11 is 11.8. The Hall–Kier alpha value is -1.02. The minimum Gasteiger partial charge on any atom is -0.354 e. The van der Waals surface area contributed by atoms with Gasteiger partial charge in [0.05, 0.1) is 22.0 Å². The first-order valence-corrected chi connectivity index (χ1v) is 11.7. The number of nitrogens with one attached hydrogen (secondary N) is 1. The minimum absolute atomic E-state index is 0.235. The average Bonchev–Trinajstić information content (AvgIpc) is 2.60. The molecule has 152 valence electrons. The molecular formula is C18H27Cl2N3O3S. The fourth-order valence-electron chi connectivity index (χ4n) is 3.04. The van der Waals surface area contributed by atoms with Crippen molar-refractivity contribution >= 4 is 44.8 Å². The average molecular weight is 436 g/mol. The van der Waals surface area contributed by atoms with Crippen LogP contribution in [0.3, 0.4) is 0 Å². The fraction of sp³-hybridized carbons (Fsp3) is 0.611. The molecule has 27 heavy (non-hydrogen) atoms. The SMILES string of the molecule is CC1CCN(CCCNC(=O)CN(c2ccc(Cl)c(Cl)c2)S(C)(=O)=O)CC1. The van der Waals surface area contributed by atoms with Crippen LogP contribution in [0, 0.1) is 5.92 Å². The lowest BCUT2D eigenvalue weighted by Crippen LogP contribution is -2.41. The van der Waals surface area contributed by atoms with Crippen molar-refractivity contribution in [2.75, 3.05) is 43.3 Å². The third-order valence-electron chi connectivity index (χ3n) is 4.73. The van der Waals surface area contributed by atoms with Gasteiger partial charge in [0.15, 0.2) is 0 Å². The number of carbonyl (C=O) groups excluding carboxylic acids is 1. The smallest absolute Gasteiger partial charge is 0.240 e. The highest BCUT2D eigenvalue weighted by Gasteiger charge is 2.21. The van der Waals surface area contributed by atoms with Gasteiger partial charge in [-0.05, 0) is 63.0 Å². The monoisotopic (exact) mass is 435 g/mol. The topological polar surface area (TPSA) is 69.7 Å². The second kappa shape index (κ2) is 9.96. The Morgan fingerprint density at radius 1 is 1.26 bits per heavy atom. The maximum absolute atomic E-state index is 12.2. The summed E-state index contributed by atoms with van der Waals surface area (Å²) in [5, 5.41) is 3.36. The van der Waals surface area contributed by atoms with Crippen LogP contribution in [0.25, 0.3) is 0 Å².